The van der Waals surface area contributed by atoms with Crippen molar-refractivity contribution in [2.75, 3.05) is 13.1 Å². The highest BCUT2D eigenvalue weighted by atomic mass is 16.3. The predicted octanol–water partition coefficient (Wildman–Crippen LogP) is 0.598. The van der Waals surface area contributed by atoms with Gasteiger partial charge in [-0.2, -0.15) is 5.10 Å². The number of aliphatic hydroxyl groups is 1. The third kappa shape index (κ3) is 3.87. The highest BCUT2D eigenvalue weighted by Gasteiger charge is 2.38. The summed E-state index contributed by atoms with van der Waals surface area (Å²) in [5.41, 5.74) is 1.06. The summed E-state index contributed by atoms with van der Waals surface area (Å²) >= 11 is 0. The maximum Gasteiger partial charge on any atom is 0.220 e. The Hall–Kier alpha value is -1.40. The third-order valence-corrected chi connectivity index (χ3v) is 5.07. The number of hydrogen-bond donors (Lipinski definition) is 4. The summed E-state index contributed by atoms with van der Waals surface area (Å²) in [5.74, 6) is 1.10. The van der Waals surface area contributed by atoms with E-state index in [0.29, 0.717) is 24.7 Å². The van der Waals surface area contributed by atoms with E-state index in [0.717, 1.165) is 44.3 Å². The quantitative estimate of drug-likeness (QED) is 0.619. The van der Waals surface area contributed by atoms with Crippen LogP contribution in [0.4, 0.5) is 0 Å². The average molecular weight is 306 g/mol. The van der Waals surface area contributed by atoms with Gasteiger partial charge in [0.15, 0.2) is 0 Å². The molecule has 22 heavy (non-hydrogen) atoms. The van der Waals surface area contributed by atoms with Gasteiger partial charge in [0.1, 0.15) is 0 Å². The van der Waals surface area contributed by atoms with Gasteiger partial charge >= 0.3 is 0 Å². The van der Waals surface area contributed by atoms with Gasteiger partial charge in [-0.3, -0.25) is 9.89 Å². The highest BCUT2D eigenvalue weighted by Crippen LogP contribution is 2.35. The van der Waals surface area contributed by atoms with Gasteiger partial charge < -0.3 is 15.7 Å². The summed E-state index contributed by atoms with van der Waals surface area (Å²) in [6, 6.07) is 0.224. The molecule has 1 amide bonds. The van der Waals surface area contributed by atoms with Crippen LogP contribution in [0.3, 0.4) is 0 Å². The summed E-state index contributed by atoms with van der Waals surface area (Å²) in [5, 5.41) is 22.9. The van der Waals surface area contributed by atoms with Crippen LogP contribution in [0.5, 0.6) is 0 Å². The van der Waals surface area contributed by atoms with E-state index in [4.69, 9.17) is 0 Å². The lowest BCUT2D eigenvalue weighted by atomic mass is 9.71. The number of carbonyl (C=O) groups is 1. The molecule has 1 aromatic rings. The van der Waals surface area contributed by atoms with E-state index >= 15 is 0 Å². The van der Waals surface area contributed by atoms with Gasteiger partial charge in [-0.15, -0.1) is 0 Å². The molecule has 0 radical (unpaired) electrons. The second kappa shape index (κ2) is 7.24. The monoisotopic (exact) mass is 306 g/mol. The Balaban J connectivity index is 1.53. The number of aromatic amines is 1. The summed E-state index contributed by atoms with van der Waals surface area (Å²) in [6.07, 6.45) is 8.52. The molecule has 6 heteroatoms. The molecule has 2 heterocycles. The Kier molecular flexibility index (Phi) is 5.10. The molecule has 1 aliphatic carbocycles. The summed E-state index contributed by atoms with van der Waals surface area (Å²) < 4.78 is 0. The Morgan fingerprint density at radius 1 is 1.36 bits per heavy atom. The number of nitrogens with zero attached hydrogens (tertiary/aromatic N) is 1. The molecule has 1 aliphatic heterocycles. The smallest absolute Gasteiger partial charge is 0.220 e. The lowest BCUT2D eigenvalue weighted by molar-refractivity contribution is -0.123. The van der Waals surface area contributed by atoms with Gasteiger partial charge in [-0.05, 0) is 62.6 Å². The van der Waals surface area contributed by atoms with Crippen LogP contribution in [0.2, 0.25) is 0 Å². The number of aromatic nitrogens is 2. The van der Waals surface area contributed by atoms with Crippen molar-refractivity contribution in [1.82, 2.24) is 20.8 Å². The standard InChI is InChI=1S/C16H26N4O2/c21-14-7-13(8-14)16(12-3-5-17-6-4-12)20-15(22)2-1-11-9-18-19-10-11/h9-10,12-14,16-17,21H,1-8H2,(H,18,19)(H,20,22)/t13?,14?,16-/m0/s1. The van der Waals surface area contributed by atoms with E-state index in [-0.39, 0.29) is 18.1 Å². The molecule has 3 rings (SSSR count). The van der Waals surface area contributed by atoms with Crippen molar-refractivity contribution in [1.29, 1.82) is 0 Å². The fraction of sp³-hybridized carbons (Fsp3) is 0.750. The number of hydrogen-bond acceptors (Lipinski definition) is 4. The zero-order chi connectivity index (χ0) is 15.4. The van der Waals surface area contributed by atoms with Crippen LogP contribution in [0.25, 0.3) is 0 Å². The average Bonchev–Trinajstić information content (AvgIpc) is 3.02. The molecule has 0 spiro atoms. The topological polar surface area (TPSA) is 90.0 Å². The second-order valence-electron chi connectivity index (χ2n) is 6.67. The van der Waals surface area contributed by atoms with Crippen LogP contribution >= 0.6 is 0 Å². The Bertz CT molecular complexity index is 465. The van der Waals surface area contributed by atoms with Crippen LogP contribution in [0, 0.1) is 11.8 Å². The molecule has 1 atom stereocenters. The molecule has 1 saturated carbocycles. The normalized spacial score (nSPS) is 27.1. The number of H-pyrrole nitrogens is 1. The molecule has 0 bridgehead atoms. The Morgan fingerprint density at radius 3 is 2.77 bits per heavy atom. The van der Waals surface area contributed by atoms with E-state index in [9.17, 15) is 9.90 Å². The first-order valence-electron chi connectivity index (χ1n) is 8.38. The lowest BCUT2D eigenvalue weighted by Gasteiger charge is -2.43. The zero-order valence-corrected chi connectivity index (χ0v) is 12.9. The molecule has 122 valence electrons. The van der Waals surface area contributed by atoms with Crippen molar-refractivity contribution >= 4 is 5.91 Å². The number of amides is 1. The number of nitrogens with one attached hydrogen (secondary N) is 3. The van der Waals surface area contributed by atoms with E-state index in [1.165, 1.54) is 0 Å². The Morgan fingerprint density at radius 2 is 2.14 bits per heavy atom. The van der Waals surface area contributed by atoms with Gasteiger partial charge in [0.25, 0.3) is 0 Å². The summed E-state index contributed by atoms with van der Waals surface area (Å²) in [4.78, 5) is 12.3. The van der Waals surface area contributed by atoms with Crippen molar-refractivity contribution in [3.8, 4) is 0 Å². The van der Waals surface area contributed by atoms with Gasteiger partial charge in [0.05, 0.1) is 12.3 Å². The van der Waals surface area contributed by atoms with Crippen LogP contribution in [-0.2, 0) is 11.2 Å². The molecule has 6 nitrogen and oxygen atoms in total. The minimum absolute atomic E-state index is 0.117. The molecule has 2 aliphatic rings. The maximum absolute atomic E-state index is 12.3. The molecule has 0 aromatic carbocycles. The number of rotatable bonds is 6. The molecular weight excluding hydrogens is 280 g/mol. The largest absolute Gasteiger partial charge is 0.393 e. The lowest BCUT2D eigenvalue weighted by Crippen LogP contribution is -2.52. The highest BCUT2D eigenvalue weighted by molar-refractivity contribution is 5.76. The van der Waals surface area contributed by atoms with Crippen LogP contribution in [0.1, 0.15) is 37.7 Å². The molecular formula is C16H26N4O2. The fourth-order valence-electron chi connectivity index (χ4n) is 3.68. The summed E-state index contributed by atoms with van der Waals surface area (Å²) in [7, 11) is 0. The van der Waals surface area contributed by atoms with Crippen LogP contribution < -0.4 is 10.6 Å². The van der Waals surface area contributed by atoms with Gasteiger partial charge in [-0.25, -0.2) is 0 Å². The van der Waals surface area contributed by atoms with Crippen molar-refractivity contribution in [2.45, 2.75) is 50.7 Å². The Labute approximate surface area is 131 Å². The van der Waals surface area contributed by atoms with Gasteiger partial charge in [0, 0.05) is 18.7 Å². The van der Waals surface area contributed by atoms with E-state index in [1.807, 2.05) is 6.20 Å². The fourth-order valence-corrected chi connectivity index (χ4v) is 3.68. The molecule has 2 fully saturated rings. The molecule has 1 aromatic heterocycles. The van der Waals surface area contributed by atoms with Gasteiger partial charge in [-0.1, -0.05) is 0 Å². The maximum atomic E-state index is 12.3. The number of aliphatic hydroxyl groups excluding tert-OH is 1. The van der Waals surface area contributed by atoms with Crippen LogP contribution in [-0.4, -0.2) is 46.4 Å². The van der Waals surface area contributed by atoms with E-state index < -0.39 is 0 Å². The molecule has 0 unspecified atom stereocenters. The first kappa shape index (κ1) is 15.5. The minimum atomic E-state index is -0.169. The molecule has 4 N–H and O–H groups in total. The third-order valence-electron chi connectivity index (χ3n) is 5.07. The zero-order valence-electron chi connectivity index (χ0n) is 12.9. The minimum Gasteiger partial charge on any atom is -0.393 e. The number of carbonyl (C=O) groups excluding carboxylic acids is 1. The van der Waals surface area contributed by atoms with Crippen molar-refractivity contribution < 1.29 is 9.90 Å². The van der Waals surface area contributed by atoms with E-state index in [1.54, 1.807) is 6.20 Å². The van der Waals surface area contributed by atoms with E-state index in [2.05, 4.69) is 20.8 Å². The van der Waals surface area contributed by atoms with Crippen LogP contribution in [0.15, 0.2) is 12.4 Å². The first-order valence-corrected chi connectivity index (χ1v) is 8.38. The number of aryl methyl sites for hydroxylation is 1. The molecule has 1 saturated heterocycles. The SMILES string of the molecule is O=C(CCc1cn[nH]c1)N[C@@H](C1CCNCC1)C1CC(O)C1. The number of piperidine rings is 1. The predicted molar refractivity (Wildman–Crippen MR) is 83.2 cm³/mol. The van der Waals surface area contributed by atoms with Crippen molar-refractivity contribution in [3.05, 3.63) is 18.0 Å². The van der Waals surface area contributed by atoms with Gasteiger partial charge in [0.2, 0.25) is 5.91 Å². The van der Waals surface area contributed by atoms with Crippen molar-refractivity contribution in [2.24, 2.45) is 11.8 Å². The first-order chi connectivity index (χ1) is 10.7. The summed E-state index contributed by atoms with van der Waals surface area (Å²) in [6.45, 7) is 2.06. The van der Waals surface area contributed by atoms with Crippen molar-refractivity contribution in [3.63, 3.8) is 0 Å². The second-order valence-corrected chi connectivity index (χ2v) is 6.67.